The molecule has 126 valence electrons. The Morgan fingerprint density at radius 3 is 1.09 bits per heavy atom. The van der Waals surface area contributed by atoms with Gasteiger partial charge in [-0.2, -0.15) is 0 Å². The quantitative estimate of drug-likeness (QED) is 0.290. The number of halogens is 4. The molecule has 0 unspecified atom stereocenters. The van der Waals surface area contributed by atoms with Gasteiger partial charge in [0.05, 0.1) is 6.78 Å². The molecule has 0 bridgehead atoms. The van der Waals surface area contributed by atoms with Gasteiger partial charge in [0.2, 0.25) is 0 Å². The van der Waals surface area contributed by atoms with Crippen LogP contribution in [0.25, 0.3) is 0 Å². The van der Waals surface area contributed by atoms with Gasteiger partial charge in [0.1, 0.15) is 0 Å². The van der Waals surface area contributed by atoms with E-state index in [1.807, 2.05) is 23.5 Å². The first-order valence-corrected chi connectivity index (χ1v) is 11.4. The number of rotatable bonds is 5. The maximum absolute atomic E-state index is 3.45. The zero-order valence-corrected chi connectivity index (χ0v) is 21.6. The van der Waals surface area contributed by atoms with E-state index in [0.29, 0.717) is 0 Å². The Morgan fingerprint density at radius 1 is 0.636 bits per heavy atom. The summed E-state index contributed by atoms with van der Waals surface area (Å²) in [6, 6.07) is 0. The Morgan fingerprint density at radius 2 is 0.909 bits per heavy atom. The molecule has 0 N–H and O–H groups in total. The van der Waals surface area contributed by atoms with Crippen LogP contribution in [-0.4, -0.2) is 9.49 Å². The van der Waals surface area contributed by atoms with E-state index in [1.165, 1.54) is 9.81 Å². The molecule has 0 fully saturated rings. The first-order valence-electron chi connectivity index (χ1n) is 6.64. The zero-order chi connectivity index (χ0) is 17.6. The predicted molar refractivity (Wildman–Crippen MR) is 123 cm³/mol. The van der Waals surface area contributed by atoms with Crippen molar-refractivity contribution >= 4 is 87.2 Å². The summed E-state index contributed by atoms with van der Waals surface area (Å²) in [5, 5.41) is 0. The molecule has 0 aromatic heterocycles. The Hall–Kier alpha value is 1.58. The molecule has 0 aliphatic heterocycles. The second-order valence-electron chi connectivity index (χ2n) is 6.43. The van der Waals surface area contributed by atoms with E-state index in [9.17, 15) is 0 Å². The lowest BCUT2D eigenvalue weighted by atomic mass is 10.3. The van der Waals surface area contributed by atoms with Crippen LogP contribution in [0, 0.1) is 0 Å². The van der Waals surface area contributed by atoms with Crippen molar-refractivity contribution in [3.05, 3.63) is 40.9 Å². The Kier molecular flexibility index (Phi) is 11.3. The topological polar surface area (TPSA) is 0 Å². The SMILES string of the molecule is CC(C)(C)S/C(C=C(Br)Br)=C\C=C(\C=C(Br)Br)SC(C)(C)C. The van der Waals surface area contributed by atoms with Crippen molar-refractivity contribution in [1.29, 1.82) is 0 Å². The molecule has 0 aliphatic carbocycles. The highest BCUT2D eigenvalue weighted by molar-refractivity contribution is 9.28. The molecular formula is C16H22Br4S2. The van der Waals surface area contributed by atoms with Gasteiger partial charge in [0, 0.05) is 19.3 Å². The summed E-state index contributed by atoms with van der Waals surface area (Å²) < 4.78 is 2.21. The van der Waals surface area contributed by atoms with Crippen molar-refractivity contribution in [1.82, 2.24) is 0 Å². The Bertz CT molecular complexity index is 435. The third kappa shape index (κ3) is 15.1. The minimum absolute atomic E-state index is 0.162. The zero-order valence-electron chi connectivity index (χ0n) is 13.6. The fourth-order valence-electron chi connectivity index (χ4n) is 1.31. The molecule has 0 radical (unpaired) electrons. The maximum atomic E-state index is 3.45. The fraction of sp³-hybridized carbons (Fsp3) is 0.500. The highest BCUT2D eigenvalue weighted by Gasteiger charge is 2.14. The predicted octanol–water partition coefficient (Wildman–Crippen LogP) is 9.08. The molecule has 0 rings (SSSR count). The standard InChI is InChI=1S/C16H22Br4S2/c1-15(2,3)21-11(9-13(17)18)7-8-12(10-14(19)20)22-16(4,5)6/h7-10H,1-6H3/b11-7-,12-8-. The number of allylic oxidation sites excluding steroid dienone is 4. The molecule has 0 saturated heterocycles. The minimum atomic E-state index is 0.162. The maximum Gasteiger partial charge on any atom is 0.0615 e. The highest BCUT2D eigenvalue weighted by atomic mass is 79.9. The minimum Gasteiger partial charge on any atom is -0.120 e. The third-order valence-electron chi connectivity index (χ3n) is 1.76. The van der Waals surface area contributed by atoms with E-state index in [1.54, 1.807) is 0 Å². The summed E-state index contributed by atoms with van der Waals surface area (Å²) in [5.41, 5.74) is 0. The van der Waals surface area contributed by atoms with Crippen molar-refractivity contribution in [3.63, 3.8) is 0 Å². The lowest BCUT2D eigenvalue weighted by molar-refractivity contribution is 0.806. The van der Waals surface area contributed by atoms with Crippen LogP contribution in [0.2, 0.25) is 0 Å². The molecule has 6 heteroatoms. The van der Waals surface area contributed by atoms with Gasteiger partial charge in [-0.3, -0.25) is 0 Å². The van der Waals surface area contributed by atoms with Crippen molar-refractivity contribution in [2.24, 2.45) is 0 Å². The lowest BCUT2D eigenvalue weighted by Gasteiger charge is -2.19. The Labute approximate surface area is 177 Å². The van der Waals surface area contributed by atoms with Crippen LogP contribution in [0.3, 0.4) is 0 Å². The molecule has 0 aliphatic rings. The monoisotopic (exact) mass is 594 g/mol. The second-order valence-corrected chi connectivity index (χ2v) is 15.8. The summed E-state index contributed by atoms with van der Waals surface area (Å²) in [4.78, 5) is 2.39. The molecule has 0 saturated carbocycles. The van der Waals surface area contributed by atoms with Crippen LogP contribution in [0.1, 0.15) is 41.5 Å². The van der Waals surface area contributed by atoms with Gasteiger partial charge in [0.25, 0.3) is 0 Å². The van der Waals surface area contributed by atoms with Crippen molar-refractivity contribution in [3.8, 4) is 0 Å². The summed E-state index contributed by atoms with van der Waals surface area (Å²) in [6.07, 6.45) is 8.48. The number of hydrogen-bond acceptors (Lipinski definition) is 2. The summed E-state index contributed by atoms with van der Waals surface area (Å²) >= 11 is 17.5. The lowest BCUT2D eigenvalue weighted by Crippen LogP contribution is -2.07. The van der Waals surface area contributed by atoms with E-state index in [2.05, 4.69) is 130 Å². The molecule has 0 amide bonds. The van der Waals surface area contributed by atoms with E-state index < -0.39 is 0 Å². The molecule has 0 nitrogen and oxygen atoms in total. The summed E-state index contributed by atoms with van der Waals surface area (Å²) in [6.45, 7) is 13.3. The van der Waals surface area contributed by atoms with Crippen LogP contribution >= 0.6 is 87.2 Å². The molecular weight excluding hydrogens is 576 g/mol. The highest BCUT2D eigenvalue weighted by Crippen LogP contribution is 2.36. The summed E-state index contributed by atoms with van der Waals surface area (Å²) in [7, 11) is 0. The second kappa shape index (κ2) is 10.5. The van der Waals surface area contributed by atoms with Gasteiger partial charge >= 0.3 is 0 Å². The smallest absolute Gasteiger partial charge is 0.0615 e. The molecule has 0 atom stereocenters. The van der Waals surface area contributed by atoms with E-state index in [0.717, 1.165) is 6.78 Å². The van der Waals surface area contributed by atoms with Crippen LogP contribution in [0.15, 0.2) is 40.9 Å². The first kappa shape index (κ1) is 23.6. The van der Waals surface area contributed by atoms with Gasteiger partial charge < -0.3 is 0 Å². The third-order valence-corrected chi connectivity index (χ3v) is 4.88. The van der Waals surface area contributed by atoms with E-state index >= 15 is 0 Å². The van der Waals surface area contributed by atoms with Crippen molar-refractivity contribution in [2.75, 3.05) is 0 Å². The van der Waals surface area contributed by atoms with Crippen LogP contribution in [0.5, 0.6) is 0 Å². The fourth-order valence-corrected chi connectivity index (χ4v) is 4.94. The van der Waals surface area contributed by atoms with Crippen molar-refractivity contribution in [2.45, 2.75) is 51.0 Å². The van der Waals surface area contributed by atoms with Crippen LogP contribution < -0.4 is 0 Å². The van der Waals surface area contributed by atoms with Gasteiger partial charge in [0.15, 0.2) is 0 Å². The summed E-state index contributed by atoms with van der Waals surface area (Å²) in [5.74, 6) is 0. The van der Waals surface area contributed by atoms with Gasteiger partial charge in [-0.1, -0.05) is 41.5 Å². The van der Waals surface area contributed by atoms with E-state index in [-0.39, 0.29) is 9.49 Å². The van der Waals surface area contributed by atoms with Crippen LogP contribution in [-0.2, 0) is 0 Å². The molecule has 0 aromatic rings. The van der Waals surface area contributed by atoms with Gasteiger partial charge in [-0.25, -0.2) is 0 Å². The molecule has 0 heterocycles. The largest absolute Gasteiger partial charge is 0.120 e. The molecule has 22 heavy (non-hydrogen) atoms. The normalized spacial score (nSPS) is 13.9. The first-order chi connectivity index (χ1) is 9.78. The van der Waals surface area contributed by atoms with Gasteiger partial charge in [-0.05, 0) is 88.0 Å². The van der Waals surface area contributed by atoms with Crippen LogP contribution in [0.4, 0.5) is 0 Å². The average molecular weight is 598 g/mol. The molecule has 0 spiro atoms. The average Bonchev–Trinajstić information content (AvgIpc) is 2.19. The Balaban J connectivity index is 5.57. The number of hydrogen-bond donors (Lipinski definition) is 0. The van der Waals surface area contributed by atoms with Crippen molar-refractivity contribution < 1.29 is 0 Å². The van der Waals surface area contributed by atoms with Gasteiger partial charge in [-0.15, -0.1) is 23.5 Å². The number of thioether (sulfide) groups is 2. The molecule has 0 aromatic carbocycles. The van der Waals surface area contributed by atoms with E-state index in [4.69, 9.17) is 0 Å².